The summed E-state index contributed by atoms with van der Waals surface area (Å²) in [6.45, 7) is 8.59. The van der Waals surface area contributed by atoms with Crippen molar-refractivity contribution in [3.05, 3.63) is 36.0 Å². The zero-order valence-electron chi connectivity index (χ0n) is 22.2. The molecule has 0 spiro atoms. The first-order chi connectivity index (χ1) is 17.8. The summed E-state index contributed by atoms with van der Waals surface area (Å²) in [6, 6.07) is 7.11. The summed E-state index contributed by atoms with van der Waals surface area (Å²) in [5, 5.41) is 13.1. The van der Waals surface area contributed by atoms with E-state index < -0.39 is 17.9 Å². The van der Waals surface area contributed by atoms with Crippen LogP contribution < -0.4 is 10.8 Å². The molecule has 0 unspecified atom stereocenters. The molecule has 0 saturated carbocycles. The fourth-order valence-corrected chi connectivity index (χ4v) is 4.92. The van der Waals surface area contributed by atoms with Crippen LogP contribution in [0.15, 0.2) is 30.5 Å². The highest BCUT2D eigenvalue weighted by atomic mass is 16.5. The van der Waals surface area contributed by atoms with Gasteiger partial charge in [-0.05, 0) is 36.9 Å². The summed E-state index contributed by atoms with van der Waals surface area (Å²) in [5.41, 5.74) is 3.54. The van der Waals surface area contributed by atoms with Gasteiger partial charge >= 0.3 is 0 Å². The van der Waals surface area contributed by atoms with Crippen molar-refractivity contribution < 1.29 is 24.3 Å². The number of rotatable bonds is 13. The Balaban J connectivity index is 1.74. The summed E-state index contributed by atoms with van der Waals surface area (Å²) in [6.07, 6.45) is 3.35. The summed E-state index contributed by atoms with van der Waals surface area (Å²) < 4.78 is 5.39. The van der Waals surface area contributed by atoms with Crippen LogP contribution in [0.1, 0.15) is 38.7 Å². The number of amides is 3. The molecule has 1 aliphatic rings. The van der Waals surface area contributed by atoms with E-state index in [4.69, 9.17) is 9.94 Å². The van der Waals surface area contributed by atoms with Gasteiger partial charge in [-0.25, -0.2) is 5.48 Å². The van der Waals surface area contributed by atoms with Gasteiger partial charge < -0.3 is 19.9 Å². The van der Waals surface area contributed by atoms with Crippen molar-refractivity contribution in [3.8, 4) is 0 Å². The van der Waals surface area contributed by atoms with Gasteiger partial charge in [0, 0.05) is 62.5 Å². The molecule has 2 atom stereocenters. The molecule has 1 fully saturated rings. The monoisotopic (exact) mass is 515 g/mol. The number of nitrogens with zero attached hydrogens (tertiary/aromatic N) is 2. The number of carbonyl (C=O) groups is 3. The number of benzene rings is 1. The standard InChI is InChI=1S/C27H41N5O5/c1-19(2)15-20(17-25(33)30-36)27(35)31(3)24(16-21-18-29-23-8-5-4-7-22(21)23)26(34)28-9-6-10-32-11-13-37-14-12-32/h4-5,7-8,18-20,24,29,36H,6,9-17H2,1-3H3,(H,28,34)(H,30,33)/t20-,24+/m1/s1. The Hall–Kier alpha value is -2.95. The predicted octanol–water partition coefficient (Wildman–Crippen LogP) is 1.93. The van der Waals surface area contributed by atoms with Gasteiger partial charge in [0.1, 0.15) is 6.04 Å². The predicted molar refractivity (Wildman–Crippen MR) is 141 cm³/mol. The maximum Gasteiger partial charge on any atom is 0.244 e. The summed E-state index contributed by atoms with van der Waals surface area (Å²) in [5.74, 6) is -1.61. The number of likely N-dealkylation sites (N-methyl/N-ethyl adjacent to an activating group) is 1. The van der Waals surface area contributed by atoms with E-state index in [0.29, 0.717) is 19.4 Å². The number of fused-ring (bicyclic) bond motifs is 1. The zero-order chi connectivity index (χ0) is 26.8. The number of aromatic amines is 1. The number of hydrogen-bond acceptors (Lipinski definition) is 6. The molecule has 10 heteroatoms. The fourth-order valence-electron chi connectivity index (χ4n) is 4.92. The molecule has 0 aliphatic carbocycles. The van der Waals surface area contributed by atoms with Crippen molar-refractivity contribution in [3.63, 3.8) is 0 Å². The van der Waals surface area contributed by atoms with Crippen molar-refractivity contribution in [1.82, 2.24) is 25.6 Å². The summed E-state index contributed by atoms with van der Waals surface area (Å²) >= 11 is 0. The lowest BCUT2D eigenvalue weighted by molar-refractivity contribution is -0.145. The van der Waals surface area contributed by atoms with Gasteiger partial charge in [-0.15, -0.1) is 0 Å². The highest BCUT2D eigenvalue weighted by Crippen LogP contribution is 2.23. The number of ether oxygens (including phenoxy) is 1. The molecular weight excluding hydrogens is 474 g/mol. The molecule has 2 aromatic rings. The topological polar surface area (TPSA) is 127 Å². The fraction of sp³-hybridized carbons (Fsp3) is 0.593. The van der Waals surface area contributed by atoms with Gasteiger partial charge in [0.25, 0.3) is 0 Å². The van der Waals surface area contributed by atoms with Crippen LogP contribution in [-0.4, -0.2) is 90.2 Å². The first-order valence-corrected chi connectivity index (χ1v) is 13.1. The van der Waals surface area contributed by atoms with Crippen molar-refractivity contribution in [1.29, 1.82) is 0 Å². The van der Waals surface area contributed by atoms with E-state index in [-0.39, 0.29) is 24.2 Å². The Kier molecular flexibility index (Phi) is 10.9. The van der Waals surface area contributed by atoms with Gasteiger partial charge in [-0.1, -0.05) is 32.0 Å². The molecular formula is C27H41N5O5. The number of H-pyrrole nitrogens is 1. The lowest BCUT2D eigenvalue weighted by atomic mass is 9.91. The van der Waals surface area contributed by atoms with Gasteiger partial charge in [0.05, 0.1) is 13.2 Å². The second kappa shape index (κ2) is 14.1. The SMILES string of the molecule is CC(C)C[C@H](CC(=O)NO)C(=O)N(C)[C@@H](Cc1c[nH]c2ccccc12)C(=O)NCCCN1CCOCC1. The molecule has 3 amide bonds. The Bertz CT molecular complexity index is 1030. The van der Waals surface area contributed by atoms with Gasteiger partial charge in [-0.2, -0.15) is 0 Å². The van der Waals surface area contributed by atoms with Crippen molar-refractivity contribution in [2.75, 3.05) is 46.4 Å². The number of nitrogens with one attached hydrogen (secondary N) is 3. The van der Waals surface area contributed by atoms with Crippen LogP contribution in [0.5, 0.6) is 0 Å². The normalized spacial score (nSPS) is 15.9. The van der Waals surface area contributed by atoms with E-state index in [1.165, 1.54) is 4.90 Å². The Labute approximate surface area is 218 Å². The molecule has 4 N–H and O–H groups in total. The van der Waals surface area contributed by atoms with Crippen LogP contribution in [0.3, 0.4) is 0 Å². The Morgan fingerprint density at radius 3 is 2.62 bits per heavy atom. The average Bonchev–Trinajstić information content (AvgIpc) is 3.31. The minimum absolute atomic E-state index is 0.140. The molecule has 37 heavy (non-hydrogen) atoms. The first kappa shape index (κ1) is 28.6. The van der Waals surface area contributed by atoms with Crippen LogP contribution >= 0.6 is 0 Å². The third kappa shape index (κ3) is 8.28. The van der Waals surface area contributed by atoms with Crippen LogP contribution in [0.4, 0.5) is 0 Å². The van der Waals surface area contributed by atoms with E-state index in [9.17, 15) is 14.4 Å². The molecule has 1 saturated heterocycles. The molecule has 10 nitrogen and oxygen atoms in total. The highest BCUT2D eigenvalue weighted by molar-refractivity contribution is 5.91. The second-order valence-corrected chi connectivity index (χ2v) is 10.2. The van der Waals surface area contributed by atoms with Gasteiger partial charge in [0.15, 0.2) is 0 Å². The molecule has 3 rings (SSSR count). The van der Waals surface area contributed by atoms with Gasteiger partial charge in [-0.3, -0.25) is 24.5 Å². The molecule has 0 radical (unpaired) electrons. The number of hydrogen-bond donors (Lipinski definition) is 4. The number of hydroxylamine groups is 1. The molecule has 1 aromatic carbocycles. The Morgan fingerprint density at radius 2 is 1.92 bits per heavy atom. The molecule has 0 bridgehead atoms. The molecule has 1 aliphatic heterocycles. The van der Waals surface area contributed by atoms with Gasteiger partial charge in [0.2, 0.25) is 17.7 Å². The van der Waals surface area contributed by atoms with Crippen LogP contribution in [0.25, 0.3) is 10.9 Å². The number of morpholine rings is 1. The van der Waals surface area contributed by atoms with Crippen LogP contribution in [0, 0.1) is 11.8 Å². The van der Waals surface area contributed by atoms with Crippen LogP contribution in [-0.2, 0) is 25.5 Å². The maximum atomic E-state index is 13.6. The smallest absolute Gasteiger partial charge is 0.244 e. The number of para-hydroxylation sites is 1. The zero-order valence-corrected chi connectivity index (χ0v) is 22.2. The van der Waals surface area contributed by atoms with E-state index >= 15 is 0 Å². The quantitative estimate of drug-likeness (QED) is 0.183. The molecule has 204 valence electrons. The lowest BCUT2D eigenvalue weighted by Crippen LogP contribution is -2.51. The third-order valence-electron chi connectivity index (χ3n) is 6.92. The minimum atomic E-state index is -0.748. The number of aromatic nitrogens is 1. The van der Waals surface area contributed by atoms with Crippen molar-refractivity contribution in [2.24, 2.45) is 11.8 Å². The third-order valence-corrected chi connectivity index (χ3v) is 6.92. The molecule has 1 aromatic heterocycles. The van der Waals surface area contributed by atoms with Crippen molar-refractivity contribution in [2.45, 2.75) is 45.6 Å². The minimum Gasteiger partial charge on any atom is -0.379 e. The molecule has 2 heterocycles. The largest absolute Gasteiger partial charge is 0.379 e. The summed E-state index contributed by atoms with van der Waals surface area (Å²) in [7, 11) is 1.62. The second-order valence-electron chi connectivity index (χ2n) is 10.2. The first-order valence-electron chi connectivity index (χ1n) is 13.1. The average molecular weight is 516 g/mol. The van der Waals surface area contributed by atoms with Crippen molar-refractivity contribution >= 4 is 28.6 Å². The van der Waals surface area contributed by atoms with E-state index in [0.717, 1.165) is 55.7 Å². The van der Waals surface area contributed by atoms with Crippen LogP contribution in [0.2, 0.25) is 0 Å². The van der Waals surface area contributed by atoms with E-state index in [1.54, 1.807) is 12.5 Å². The van der Waals surface area contributed by atoms with E-state index in [1.807, 2.05) is 44.3 Å². The maximum absolute atomic E-state index is 13.6. The van der Waals surface area contributed by atoms with E-state index in [2.05, 4.69) is 15.2 Å². The highest BCUT2D eigenvalue weighted by Gasteiger charge is 2.33. The Morgan fingerprint density at radius 1 is 1.19 bits per heavy atom. The number of carbonyl (C=O) groups excluding carboxylic acids is 3. The lowest BCUT2D eigenvalue weighted by Gasteiger charge is -2.31. The summed E-state index contributed by atoms with van der Waals surface area (Å²) in [4.78, 5) is 46.0.